The number of benzene rings is 1. The number of aryl methyl sites for hydroxylation is 1. The summed E-state index contributed by atoms with van der Waals surface area (Å²) in [4.78, 5) is 18.0. The molecular weight excluding hydrogens is 296 g/mol. The molecule has 122 valence electrons. The van der Waals surface area contributed by atoms with Gasteiger partial charge in [0.2, 0.25) is 11.7 Å². The van der Waals surface area contributed by atoms with Crippen molar-refractivity contribution in [2.75, 3.05) is 32.8 Å². The molecule has 1 saturated heterocycles. The molecule has 1 aromatic heterocycles. The molecule has 1 fully saturated rings. The summed E-state index contributed by atoms with van der Waals surface area (Å²) >= 11 is 0. The SMILES string of the molecule is O=C(NCCCc1nc(-c2ccccc2)no1)N1CCOCC1. The van der Waals surface area contributed by atoms with Crippen molar-refractivity contribution in [2.24, 2.45) is 0 Å². The molecule has 2 aromatic rings. The Hall–Kier alpha value is -2.41. The zero-order valence-electron chi connectivity index (χ0n) is 12.9. The van der Waals surface area contributed by atoms with Crippen LogP contribution in [0.1, 0.15) is 12.3 Å². The van der Waals surface area contributed by atoms with Crippen LogP contribution in [-0.4, -0.2) is 53.9 Å². The molecular formula is C16H20N4O3. The van der Waals surface area contributed by atoms with Gasteiger partial charge < -0.3 is 19.5 Å². The van der Waals surface area contributed by atoms with E-state index >= 15 is 0 Å². The van der Waals surface area contributed by atoms with Gasteiger partial charge in [0.25, 0.3) is 0 Å². The highest BCUT2D eigenvalue weighted by molar-refractivity contribution is 5.74. The van der Waals surface area contributed by atoms with Crippen LogP contribution in [-0.2, 0) is 11.2 Å². The van der Waals surface area contributed by atoms with Gasteiger partial charge in [-0.2, -0.15) is 4.98 Å². The Labute approximate surface area is 134 Å². The van der Waals surface area contributed by atoms with Crippen LogP contribution in [0.2, 0.25) is 0 Å². The summed E-state index contributed by atoms with van der Waals surface area (Å²) in [5, 5.41) is 6.88. The molecule has 0 bridgehead atoms. The fourth-order valence-electron chi connectivity index (χ4n) is 2.37. The van der Waals surface area contributed by atoms with Gasteiger partial charge in [-0.15, -0.1) is 0 Å². The number of rotatable bonds is 5. The molecule has 2 amide bonds. The van der Waals surface area contributed by atoms with Gasteiger partial charge in [0.05, 0.1) is 13.2 Å². The predicted molar refractivity (Wildman–Crippen MR) is 83.8 cm³/mol. The molecule has 1 aliphatic rings. The second kappa shape index (κ2) is 7.73. The molecule has 0 spiro atoms. The maximum atomic E-state index is 11.9. The highest BCUT2D eigenvalue weighted by Crippen LogP contribution is 2.15. The molecule has 1 aromatic carbocycles. The van der Waals surface area contributed by atoms with E-state index in [-0.39, 0.29) is 6.03 Å². The van der Waals surface area contributed by atoms with Crippen molar-refractivity contribution < 1.29 is 14.1 Å². The molecule has 1 N–H and O–H groups in total. The Morgan fingerprint density at radius 3 is 2.78 bits per heavy atom. The minimum Gasteiger partial charge on any atom is -0.378 e. The van der Waals surface area contributed by atoms with Gasteiger partial charge in [0.15, 0.2) is 0 Å². The van der Waals surface area contributed by atoms with Crippen molar-refractivity contribution in [3.63, 3.8) is 0 Å². The van der Waals surface area contributed by atoms with E-state index in [1.54, 1.807) is 4.90 Å². The van der Waals surface area contributed by atoms with Gasteiger partial charge in [-0.05, 0) is 6.42 Å². The smallest absolute Gasteiger partial charge is 0.317 e. The number of hydrogen-bond acceptors (Lipinski definition) is 5. The number of nitrogens with zero attached hydrogens (tertiary/aromatic N) is 3. The fourth-order valence-corrected chi connectivity index (χ4v) is 2.37. The highest BCUT2D eigenvalue weighted by Gasteiger charge is 2.16. The maximum Gasteiger partial charge on any atom is 0.317 e. The minimum absolute atomic E-state index is 0.0381. The zero-order valence-corrected chi connectivity index (χ0v) is 12.9. The molecule has 0 unspecified atom stereocenters. The topological polar surface area (TPSA) is 80.5 Å². The third-order valence-corrected chi connectivity index (χ3v) is 3.64. The van der Waals surface area contributed by atoms with Crippen molar-refractivity contribution in [3.05, 3.63) is 36.2 Å². The van der Waals surface area contributed by atoms with E-state index in [4.69, 9.17) is 9.26 Å². The van der Waals surface area contributed by atoms with Crippen LogP contribution in [0.15, 0.2) is 34.9 Å². The molecule has 3 rings (SSSR count). The molecule has 1 aliphatic heterocycles. The standard InChI is InChI=1S/C16H20N4O3/c21-16(20-9-11-22-12-10-20)17-8-4-7-14-18-15(19-23-14)13-5-2-1-3-6-13/h1-3,5-6H,4,7-12H2,(H,17,21). The normalized spacial score (nSPS) is 14.7. The monoisotopic (exact) mass is 316 g/mol. The molecule has 23 heavy (non-hydrogen) atoms. The van der Waals surface area contributed by atoms with Crippen molar-refractivity contribution >= 4 is 6.03 Å². The Balaban J connectivity index is 1.41. The third-order valence-electron chi connectivity index (χ3n) is 3.64. The van der Waals surface area contributed by atoms with Crippen molar-refractivity contribution in [1.82, 2.24) is 20.4 Å². The van der Waals surface area contributed by atoms with Crippen LogP contribution >= 0.6 is 0 Å². The molecule has 2 heterocycles. The molecule has 0 atom stereocenters. The van der Waals surface area contributed by atoms with Gasteiger partial charge in [0.1, 0.15) is 0 Å². The van der Waals surface area contributed by atoms with E-state index in [9.17, 15) is 4.79 Å². The number of nitrogens with one attached hydrogen (secondary N) is 1. The molecule has 0 aliphatic carbocycles. The first-order chi connectivity index (χ1) is 11.3. The van der Waals surface area contributed by atoms with Gasteiger partial charge in [-0.1, -0.05) is 35.5 Å². The summed E-state index contributed by atoms with van der Waals surface area (Å²) in [7, 11) is 0. The maximum absolute atomic E-state index is 11.9. The van der Waals surface area contributed by atoms with Crippen molar-refractivity contribution in [2.45, 2.75) is 12.8 Å². The number of amides is 2. The number of ether oxygens (including phenoxy) is 1. The Bertz CT molecular complexity index is 623. The average Bonchev–Trinajstić information content (AvgIpc) is 3.09. The average molecular weight is 316 g/mol. The predicted octanol–water partition coefficient (Wildman–Crippen LogP) is 1.71. The van der Waals surface area contributed by atoms with E-state index in [2.05, 4.69) is 15.5 Å². The number of morpholine rings is 1. The van der Waals surface area contributed by atoms with Gasteiger partial charge >= 0.3 is 6.03 Å². The fraction of sp³-hybridized carbons (Fsp3) is 0.438. The second-order valence-electron chi connectivity index (χ2n) is 5.31. The van der Waals surface area contributed by atoms with Crippen LogP contribution < -0.4 is 5.32 Å². The van der Waals surface area contributed by atoms with Crippen LogP contribution in [0.5, 0.6) is 0 Å². The lowest BCUT2D eigenvalue weighted by Crippen LogP contribution is -2.46. The lowest BCUT2D eigenvalue weighted by molar-refractivity contribution is 0.0532. The number of carbonyl (C=O) groups excluding carboxylic acids is 1. The van der Waals surface area contributed by atoms with Crippen LogP contribution in [0, 0.1) is 0 Å². The Kier molecular flexibility index (Phi) is 5.21. The first-order valence-electron chi connectivity index (χ1n) is 7.81. The van der Waals surface area contributed by atoms with E-state index in [1.165, 1.54) is 0 Å². The summed E-state index contributed by atoms with van der Waals surface area (Å²) < 4.78 is 10.5. The van der Waals surface area contributed by atoms with Crippen LogP contribution in [0.25, 0.3) is 11.4 Å². The van der Waals surface area contributed by atoms with Crippen LogP contribution in [0.4, 0.5) is 4.79 Å². The molecule has 0 radical (unpaired) electrons. The largest absolute Gasteiger partial charge is 0.378 e. The molecule has 7 nitrogen and oxygen atoms in total. The number of aromatic nitrogens is 2. The number of urea groups is 1. The minimum atomic E-state index is -0.0381. The Morgan fingerprint density at radius 2 is 2.00 bits per heavy atom. The van der Waals surface area contributed by atoms with Gasteiger partial charge in [-0.25, -0.2) is 4.79 Å². The summed E-state index contributed by atoms with van der Waals surface area (Å²) in [6.45, 7) is 3.10. The van der Waals surface area contributed by atoms with E-state index in [0.29, 0.717) is 51.0 Å². The van der Waals surface area contributed by atoms with Crippen LogP contribution in [0.3, 0.4) is 0 Å². The zero-order chi connectivity index (χ0) is 15.9. The lowest BCUT2D eigenvalue weighted by Gasteiger charge is -2.26. The van der Waals surface area contributed by atoms with Crippen molar-refractivity contribution in [1.29, 1.82) is 0 Å². The molecule has 7 heteroatoms. The van der Waals surface area contributed by atoms with E-state index in [0.717, 1.165) is 12.0 Å². The summed E-state index contributed by atoms with van der Waals surface area (Å²) in [5.41, 5.74) is 0.933. The van der Waals surface area contributed by atoms with E-state index < -0.39 is 0 Å². The third kappa shape index (κ3) is 4.29. The van der Waals surface area contributed by atoms with Crippen molar-refractivity contribution in [3.8, 4) is 11.4 Å². The number of carbonyl (C=O) groups is 1. The first kappa shape index (κ1) is 15.5. The number of hydrogen-bond donors (Lipinski definition) is 1. The Morgan fingerprint density at radius 1 is 1.22 bits per heavy atom. The molecule has 0 saturated carbocycles. The summed E-state index contributed by atoms with van der Waals surface area (Å²) in [6.07, 6.45) is 1.40. The summed E-state index contributed by atoms with van der Waals surface area (Å²) in [6, 6.07) is 9.67. The lowest BCUT2D eigenvalue weighted by atomic mass is 10.2. The van der Waals surface area contributed by atoms with E-state index in [1.807, 2.05) is 30.3 Å². The summed E-state index contributed by atoms with van der Waals surface area (Å²) in [5.74, 6) is 1.18. The van der Waals surface area contributed by atoms with Gasteiger partial charge in [0, 0.05) is 31.6 Å². The quantitative estimate of drug-likeness (QED) is 0.849. The first-order valence-corrected chi connectivity index (χ1v) is 7.81. The second-order valence-corrected chi connectivity index (χ2v) is 5.31. The highest BCUT2D eigenvalue weighted by atomic mass is 16.5. The van der Waals surface area contributed by atoms with Gasteiger partial charge in [-0.3, -0.25) is 0 Å².